The number of imidazole rings is 1. The van der Waals surface area contributed by atoms with E-state index in [4.69, 9.17) is 0 Å². The lowest BCUT2D eigenvalue weighted by Gasteiger charge is -2.12. The van der Waals surface area contributed by atoms with Gasteiger partial charge in [-0.25, -0.2) is 4.98 Å². The monoisotopic (exact) mass is 282 g/mol. The van der Waals surface area contributed by atoms with Gasteiger partial charge < -0.3 is 15.4 Å². The molecule has 0 aliphatic carbocycles. The van der Waals surface area contributed by atoms with E-state index in [-0.39, 0.29) is 11.8 Å². The van der Waals surface area contributed by atoms with Gasteiger partial charge in [-0.2, -0.15) is 0 Å². The van der Waals surface area contributed by atoms with E-state index >= 15 is 0 Å². The van der Waals surface area contributed by atoms with Crippen LogP contribution in [-0.4, -0.2) is 20.1 Å². The van der Waals surface area contributed by atoms with Crippen LogP contribution in [0, 0.1) is 6.92 Å². The fourth-order valence-corrected chi connectivity index (χ4v) is 2.26. The van der Waals surface area contributed by atoms with Crippen molar-refractivity contribution in [2.45, 2.75) is 26.4 Å². The zero-order valence-corrected chi connectivity index (χ0v) is 12.1. The number of nitrogens with zero attached hydrogens (tertiary/aromatic N) is 2. The molecule has 3 rings (SSSR count). The first-order chi connectivity index (χ1) is 10.1. The number of pyridine rings is 1. The van der Waals surface area contributed by atoms with Gasteiger partial charge in [-0.1, -0.05) is 12.1 Å². The van der Waals surface area contributed by atoms with Gasteiger partial charge in [-0.15, -0.1) is 0 Å². The summed E-state index contributed by atoms with van der Waals surface area (Å²) in [6.07, 6.45) is 0. The Bertz CT molecular complexity index is 733. The fraction of sp³-hybridized carbons (Fsp3) is 0.250. The molecule has 21 heavy (non-hydrogen) atoms. The van der Waals surface area contributed by atoms with Crippen LogP contribution in [0.3, 0.4) is 0 Å². The Labute approximate surface area is 123 Å². The molecular formula is C16H18N4O. The predicted octanol–water partition coefficient (Wildman–Crippen LogP) is 2.82. The van der Waals surface area contributed by atoms with Crippen LogP contribution < -0.4 is 5.32 Å². The van der Waals surface area contributed by atoms with Crippen molar-refractivity contribution in [3.8, 4) is 5.75 Å². The summed E-state index contributed by atoms with van der Waals surface area (Å²) in [5.74, 6) is 1.09. The zero-order valence-electron chi connectivity index (χ0n) is 12.1. The lowest BCUT2D eigenvalue weighted by molar-refractivity contribution is 0.452. The molecule has 2 aromatic heterocycles. The second kappa shape index (κ2) is 5.54. The van der Waals surface area contributed by atoms with Crippen LogP contribution in [0.4, 0.5) is 0 Å². The molecule has 3 aromatic rings. The largest absolute Gasteiger partial charge is 0.506 e. The van der Waals surface area contributed by atoms with E-state index in [0.29, 0.717) is 12.2 Å². The minimum atomic E-state index is 0.0408. The molecule has 1 aromatic carbocycles. The van der Waals surface area contributed by atoms with Gasteiger partial charge in [0.1, 0.15) is 11.6 Å². The number of aromatic hydroxyl groups is 1. The maximum Gasteiger partial charge on any atom is 0.138 e. The molecule has 1 unspecified atom stereocenters. The van der Waals surface area contributed by atoms with Gasteiger partial charge in [0.05, 0.1) is 22.8 Å². The molecule has 5 heteroatoms. The van der Waals surface area contributed by atoms with Gasteiger partial charge in [-0.3, -0.25) is 4.98 Å². The third kappa shape index (κ3) is 2.87. The summed E-state index contributed by atoms with van der Waals surface area (Å²) >= 11 is 0. The van der Waals surface area contributed by atoms with E-state index in [1.54, 1.807) is 12.1 Å². The van der Waals surface area contributed by atoms with Crippen molar-refractivity contribution in [3.05, 3.63) is 53.6 Å². The number of fused-ring (bicyclic) bond motifs is 1. The molecule has 0 bridgehead atoms. The summed E-state index contributed by atoms with van der Waals surface area (Å²) in [6, 6.07) is 11.4. The van der Waals surface area contributed by atoms with Crippen molar-refractivity contribution in [1.29, 1.82) is 0 Å². The lowest BCUT2D eigenvalue weighted by atomic mass is 10.2. The number of hydrogen-bond acceptors (Lipinski definition) is 4. The first kappa shape index (κ1) is 13.6. The van der Waals surface area contributed by atoms with Gasteiger partial charge in [0.15, 0.2) is 0 Å². The highest BCUT2D eigenvalue weighted by Crippen LogP contribution is 2.18. The van der Waals surface area contributed by atoms with E-state index < -0.39 is 0 Å². The van der Waals surface area contributed by atoms with E-state index in [9.17, 15) is 5.11 Å². The first-order valence-electron chi connectivity index (χ1n) is 6.97. The molecule has 0 aliphatic heterocycles. The van der Waals surface area contributed by atoms with Gasteiger partial charge in [-0.05, 0) is 38.1 Å². The average molecular weight is 282 g/mol. The topological polar surface area (TPSA) is 73.8 Å². The number of aryl methyl sites for hydroxylation is 1. The second-order valence-corrected chi connectivity index (χ2v) is 5.16. The zero-order chi connectivity index (χ0) is 14.8. The molecule has 0 aliphatic rings. The van der Waals surface area contributed by atoms with E-state index in [1.807, 2.05) is 38.1 Å². The molecule has 1 atom stereocenters. The second-order valence-electron chi connectivity index (χ2n) is 5.16. The molecule has 0 saturated heterocycles. The number of nitrogens with one attached hydrogen (secondary N) is 2. The predicted molar refractivity (Wildman–Crippen MR) is 82.0 cm³/mol. The summed E-state index contributed by atoms with van der Waals surface area (Å²) in [5.41, 5.74) is 3.52. The van der Waals surface area contributed by atoms with Crippen LogP contribution in [0.25, 0.3) is 11.0 Å². The first-order valence-corrected chi connectivity index (χ1v) is 6.97. The van der Waals surface area contributed by atoms with Gasteiger partial charge in [0.2, 0.25) is 0 Å². The van der Waals surface area contributed by atoms with Crippen molar-refractivity contribution < 1.29 is 5.11 Å². The Morgan fingerprint density at radius 1 is 1.19 bits per heavy atom. The number of hydrogen-bond donors (Lipinski definition) is 3. The van der Waals surface area contributed by atoms with Crippen molar-refractivity contribution >= 4 is 11.0 Å². The van der Waals surface area contributed by atoms with Crippen LogP contribution in [0.1, 0.15) is 30.2 Å². The fourth-order valence-electron chi connectivity index (χ4n) is 2.26. The number of H-pyrrole nitrogens is 1. The molecule has 0 radical (unpaired) electrons. The molecule has 0 fully saturated rings. The molecule has 3 N–H and O–H groups in total. The SMILES string of the molecule is Cc1ccc(O)c(CNC(C)c2nc3ccccc3[nH]2)n1. The maximum atomic E-state index is 9.81. The molecule has 108 valence electrons. The van der Waals surface area contributed by atoms with E-state index in [1.165, 1.54) is 0 Å². The highest BCUT2D eigenvalue weighted by molar-refractivity contribution is 5.74. The standard InChI is InChI=1S/C16H18N4O/c1-10-7-8-15(21)14(18-10)9-17-11(2)16-19-12-5-3-4-6-13(12)20-16/h3-8,11,17,21H,9H2,1-2H3,(H,19,20). The van der Waals surface area contributed by atoms with E-state index in [2.05, 4.69) is 20.3 Å². The maximum absolute atomic E-state index is 9.81. The normalized spacial score (nSPS) is 12.7. The summed E-state index contributed by atoms with van der Waals surface area (Å²) in [4.78, 5) is 12.2. The van der Waals surface area contributed by atoms with Gasteiger partial charge >= 0.3 is 0 Å². The number of rotatable bonds is 4. The van der Waals surface area contributed by atoms with E-state index in [0.717, 1.165) is 22.6 Å². The average Bonchev–Trinajstić information content (AvgIpc) is 2.92. The Hall–Kier alpha value is -2.40. The summed E-state index contributed by atoms with van der Waals surface area (Å²) in [5, 5.41) is 13.1. The minimum absolute atomic E-state index is 0.0408. The molecule has 0 amide bonds. The number of aromatic amines is 1. The van der Waals surface area contributed by atoms with Gasteiger partial charge in [0.25, 0.3) is 0 Å². The third-order valence-electron chi connectivity index (χ3n) is 3.48. The molecule has 5 nitrogen and oxygen atoms in total. The number of aromatic nitrogens is 3. The Kier molecular flexibility index (Phi) is 3.58. The Balaban J connectivity index is 1.74. The molecular weight excluding hydrogens is 264 g/mol. The quantitative estimate of drug-likeness (QED) is 0.688. The molecule has 0 saturated carbocycles. The van der Waals surface area contributed by atoms with Crippen molar-refractivity contribution in [2.24, 2.45) is 0 Å². The summed E-state index contributed by atoms with van der Waals surface area (Å²) in [6.45, 7) is 4.43. The van der Waals surface area contributed by atoms with Crippen LogP contribution >= 0.6 is 0 Å². The number of benzene rings is 1. The molecule has 2 heterocycles. The van der Waals surface area contributed by atoms with Crippen LogP contribution in [-0.2, 0) is 6.54 Å². The summed E-state index contributed by atoms with van der Waals surface area (Å²) < 4.78 is 0. The lowest BCUT2D eigenvalue weighted by Crippen LogP contribution is -2.20. The summed E-state index contributed by atoms with van der Waals surface area (Å²) in [7, 11) is 0. The van der Waals surface area contributed by atoms with Crippen LogP contribution in [0.15, 0.2) is 36.4 Å². The third-order valence-corrected chi connectivity index (χ3v) is 3.48. The van der Waals surface area contributed by atoms with Crippen LogP contribution in [0.5, 0.6) is 5.75 Å². The Morgan fingerprint density at radius 3 is 2.81 bits per heavy atom. The Morgan fingerprint density at radius 2 is 2.00 bits per heavy atom. The van der Waals surface area contributed by atoms with Crippen molar-refractivity contribution in [2.75, 3.05) is 0 Å². The molecule has 0 spiro atoms. The highest BCUT2D eigenvalue weighted by atomic mass is 16.3. The smallest absolute Gasteiger partial charge is 0.138 e. The van der Waals surface area contributed by atoms with Crippen molar-refractivity contribution in [3.63, 3.8) is 0 Å². The minimum Gasteiger partial charge on any atom is -0.506 e. The van der Waals surface area contributed by atoms with Gasteiger partial charge in [0, 0.05) is 12.2 Å². The highest BCUT2D eigenvalue weighted by Gasteiger charge is 2.11. The van der Waals surface area contributed by atoms with Crippen molar-refractivity contribution in [1.82, 2.24) is 20.3 Å². The number of para-hydroxylation sites is 2. The van der Waals surface area contributed by atoms with Crippen LogP contribution in [0.2, 0.25) is 0 Å².